The van der Waals surface area contributed by atoms with Gasteiger partial charge in [-0.2, -0.15) is 0 Å². The molecular formula is C11H20N2O2. The number of hydrogen-bond acceptors (Lipinski definition) is 3. The quantitative estimate of drug-likeness (QED) is 0.707. The summed E-state index contributed by atoms with van der Waals surface area (Å²) in [6, 6.07) is 0.628. The number of hydrogen-bond donors (Lipinski definition) is 1. The maximum absolute atomic E-state index is 11.7. The highest BCUT2D eigenvalue weighted by Gasteiger charge is 2.56. The van der Waals surface area contributed by atoms with Crippen molar-refractivity contribution < 1.29 is 9.53 Å². The van der Waals surface area contributed by atoms with Crippen LogP contribution in [0.5, 0.6) is 0 Å². The first-order valence-corrected chi connectivity index (χ1v) is 5.57. The van der Waals surface area contributed by atoms with Crippen molar-refractivity contribution in [1.82, 2.24) is 10.2 Å². The highest BCUT2D eigenvalue weighted by Crippen LogP contribution is 2.45. The molecule has 0 spiro atoms. The summed E-state index contributed by atoms with van der Waals surface area (Å²) in [6.07, 6.45) is -0.162. The van der Waals surface area contributed by atoms with Gasteiger partial charge in [0.2, 0.25) is 0 Å². The first-order chi connectivity index (χ1) is 6.92. The van der Waals surface area contributed by atoms with E-state index in [1.807, 2.05) is 32.7 Å². The van der Waals surface area contributed by atoms with Gasteiger partial charge in [-0.05, 0) is 39.7 Å². The van der Waals surface area contributed by atoms with E-state index in [-0.39, 0.29) is 11.7 Å². The molecule has 2 aliphatic rings. The Bertz CT molecular complexity index is 260. The van der Waals surface area contributed by atoms with E-state index in [2.05, 4.69) is 5.32 Å². The normalized spacial score (nSPS) is 33.9. The highest BCUT2D eigenvalue weighted by atomic mass is 16.6. The minimum Gasteiger partial charge on any atom is -0.444 e. The molecule has 2 fully saturated rings. The third kappa shape index (κ3) is 2.09. The van der Waals surface area contributed by atoms with Crippen LogP contribution in [0.4, 0.5) is 4.79 Å². The topological polar surface area (TPSA) is 41.6 Å². The molecule has 0 radical (unpaired) electrons. The summed E-state index contributed by atoms with van der Waals surface area (Å²) in [5, 5.41) is 3.27. The van der Waals surface area contributed by atoms with Crippen molar-refractivity contribution in [3.63, 3.8) is 0 Å². The van der Waals surface area contributed by atoms with E-state index in [4.69, 9.17) is 4.74 Å². The van der Waals surface area contributed by atoms with Crippen LogP contribution >= 0.6 is 0 Å². The molecule has 1 N–H and O–H groups in total. The molecule has 4 heteroatoms. The van der Waals surface area contributed by atoms with E-state index in [0.29, 0.717) is 17.9 Å². The van der Waals surface area contributed by atoms with Gasteiger partial charge in [0.05, 0.1) is 0 Å². The Balaban J connectivity index is 1.82. The molecule has 1 amide bonds. The van der Waals surface area contributed by atoms with Gasteiger partial charge in [0, 0.05) is 19.1 Å². The number of nitrogens with one attached hydrogen (secondary N) is 1. The minimum absolute atomic E-state index is 0.162. The van der Waals surface area contributed by atoms with Crippen molar-refractivity contribution >= 4 is 6.09 Å². The van der Waals surface area contributed by atoms with Gasteiger partial charge in [0.15, 0.2) is 0 Å². The largest absolute Gasteiger partial charge is 0.444 e. The van der Waals surface area contributed by atoms with Crippen LogP contribution in [0.1, 0.15) is 20.8 Å². The fourth-order valence-electron chi connectivity index (χ4n) is 2.43. The number of nitrogens with zero attached hydrogens (tertiary/aromatic N) is 1. The fraction of sp³-hybridized carbons (Fsp3) is 0.909. The first-order valence-electron chi connectivity index (χ1n) is 5.57. The summed E-state index contributed by atoms with van der Waals surface area (Å²) in [5.41, 5.74) is -0.383. The standard InChI is InChI=1S/C11H20N2O2/c1-11(2,3)15-10(14)13-5-7-8(6-13)9(7)12-4/h7-9,12H,5-6H2,1-4H3/t7-,8?,9?/m1/s1. The van der Waals surface area contributed by atoms with E-state index in [1.54, 1.807) is 0 Å². The maximum Gasteiger partial charge on any atom is 0.410 e. The Labute approximate surface area is 91.0 Å². The molecule has 2 rings (SSSR count). The molecule has 86 valence electrons. The monoisotopic (exact) mass is 212 g/mol. The second-order valence-electron chi connectivity index (χ2n) is 5.53. The molecule has 0 aromatic rings. The lowest BCUT2D eigenvalue weighted by Crippen LogP contribution is -2.38. The van der Waals surface area contributed by atoms with Crippen LogP contribution in [-0.2, 0) is 4.74 Å². The number of amides is 1. The molecule has 15 heavy (non-hydrogen) atoms. The van der Waals surface area contributed by atoms with E-state index in [0.717, 1.165) is 13.1 Å². The number of fused-ring (bicyclic) bond motifs is 1. The van der Waals surface area contributed by atoms with E-state index in [9.17, 15) is 4.79 Å². The minimum atomic E-state index is -0.383. The van der Waals surface area contributed by atoms with Gasteiger partial charge in [-0.15, -0.1) is 0 Å². The number of carbonyl (C=O) groups is 1. The van der Waals surface area contributed by atoms with E-state index >= 15 is 0 Å². The molecule has 1 aliphatic carbocycles. The van der Waals surface area contributed by atoms with Gasteiger partial charge in [0.25, 0.3) is 0 Å². The average molecular weight is 212 g/mol. The van der Waals surface area contributed by atoms with Crippen molar-refractivity contribution in [3.8, 4) is 0 Å². The molecular weight excluding hydrogens is 192 g/mol. The van der Waals surface area contributed by atoms with E-state index in [1.165, 1.54) is 0 Å². The van der Waals surface area contributed by atoms with Crippen LogP contribution in [0.25, 0.3) is 0 Å². The SMILES string of the molecule is CNC1C2CN(C(=O)OC(C)(C)C)C[C@H]21. The second kappa shape index (κ2) is 3.37. The Morgan fingerprint density at radius 1 is 1.33 bits per heavy atom. The van der Waals surface area contributed by atoms with Crippen molar-refractivity contribution in [2.75, 3.05) is 20.1 Å². The van der Waals surface area contributed by atoms with Crippen LogP contribution < -0.4 is 5.32 Å². The molecule has 1 saturated heterocycles. The summed E-state index contributed by atoms with van der Waals surface area (Å²) in [7, 11) is 1.99. The molecule has 4 nitrogen and oxygen atoms in total. The van der Waals surface area contributed by atoms with Crippen LogP contribution in [0, 0.1) is 11.8 Å². The number of ether oxygens (including phenoxy) is 1. The number of piperidine rings is 1. The first kappa shape index (κ1) is 10.7. The van der Waals surface area contributed by atoms with Gasteiger partial charge < -0.3 is 15.0 Å². The molecule has 1 saturated carbocycles. The molecule has 2 unspecified atom stereocenters. The number of carbonyl (C=O) groups excluding carboxylic acids is 1. The van der Waals surface area contributed by atoms with Gasteiger partial charge in [-0.25, -0.2) is 4.79 Å². The fourth-order valence-corrected chi connectivity index (χ4v) is 2.43. The van der Waals surface area contributed by atoms with Gasteiger partial charge in [-0.3, -0.25) is 0 Å². The van der Waals surface area contributed by atoms with Gasteiger partial charge in [-0.1, -0.05) is 0 Å². The summed E-state index contributed by atoms with van der Waals surface area (Å²) in [5.74, 6) is 1.31. The zero-order chi connectivity index (χ0) is 11.2. The summed E-state index contributed by atoms with van der Waals surface area (Å²) >= 11 is 0. The van der Waals surface area contributed by atoms with Crippen LogP contribution in [0.2, 0.25) is 0 Å². The van der Waals surface area contributed by atoms with Gasteiger partial charge in [0.1, 0.15) is 5.60 Å². The second-order valence-corrected chi connectivity index (χ2v) is 5.53. The Hall–Kier alpha value is -0.770. The van der Waals surface area contributed by atoms with Crippen LogP contribution in [-0.4, -0.2) is 42.8 Å². The molecule has 3 atom stereocenters. The van der Waals surface area contributed by atoms with E-state index < -0.39 is 0 Å². The maximum atomic E-state index is 11.7. The smallest absolute Gasteiger partial charge is 0.410 e. The van der Waals surface area contributed by atoms with Crippen LogP contribution in [0.15, 0.2) is 0 Å². The molecule has 1 aliphatic heterocycles. The van der Waals surface area contributed by atoms with Crippen molar-refractivity contribution in [2.45, 2.75) is 32.4 Å². The summed E-state index contributed by atoms with van der Waals surface area (Å²) in [4.78, 5) is 13.5. The van der Waals surface area contributed by atoms with Crippen LogP contribution in [0.3, 0.4) is 0 Å². The third-order valence-corrected chi connectivity index (χ3v) is 3.18. The highest BCUT2D eigenvalue weighted by molar-refractivity contribution is 5.69. The summed E-state index contributed by atoms with van der Waals surface area (Å²) in [6.45, 7) is 7.41. The number of likely N-dealkylation sites (tertiary alicyclic amines) is 1. The average Bonchev–Trinajstić information content (AvgIpc) is 2.54. The number of rotatable bonds is 1. The molecule has 0 bridgehead atoms. The predicted molar refractivity (Wildman–Crippen MR) is 57.6 cm³/mol. The Morgan fingerprint density at radius 2 is 1.87 bits per heavy atom. The van der Waals surface area contributed by atoms with Gasteiger partial charge >= 0.3 is 6.09 Å². The zero-order valence-electron chi connectivity index (χ0n) is 9.91. The molecule has 0 aromatic heterocycles. The van der Waals surface area contributed by atoms with Crippen molar-refractivity contribution in [1.29, 1.82) is 0 Å². The lowest BCUT2D eigenvalue weighted by Gasteiger charge is -2.25. The van der Waals surface area contributed by atoms with Crippen molar-refractivity contribution in [2.24, 2.45) is 11.8 Å². The predicted octanol–water partition coefficient (Wildman–Crippen LogP) is 1.07. The molecule has 0 aromatic carbocycles. The Kier molecular flexibility index (Phi) is 2.41. The lowest BCUT2D eigenvalue weighted by atomic mass is 10.2. The Morgan fingerprint density at radius 3 is 2.27 bits per heavy atom. The molecule has 1 heterocycles. The lowest BCUT2D eigenvalue weighted by molar-refractivity contribution is 0.0270. The third-order valence-electron chi connectivity index (χ3n) is 3.18. The zero-order valence-corrected chi connectivity index (χ0v) is 9.91. The van der Waals surface area contributed by atoms with Crippen molar-refractivity contribution in [3.05, 3.63) is 0 Å². The summed E-state index contributed by atoms with van der Waals surface area (Å²) < 4.78 is 5.33.